The molecule has 0 aliphatic carbocycles. The maximum Gasteiger partial charge on any atom is 0.160 e. The maximum atomic E-state index is 7.04. The first-order valence-corrected chi connectivity index (χ1v) is 29.4. The standard InChI is InChI=1S/C80H46N2O5/c1-3-17-47(18-4-1)55-37-39-63-59-23-9-13-31-71(59)86-79(63)75(55)81(67-27-15-25-61-57-21-7-11-29-69(57)84-77(61)67)53-35-33-49-43-65-66-44-50-34-36-54(42-52(50)46-74(66)83-73(65)45-51(49)41-53)82(68-28-16-26-62-58-22-8-12-30-70(58)85-78(62)68)76-56(48-19-5-2-6-20-48)38-40-64-60-24-10-14-32-72(60)87-80(64)76/h1-46H. The molecule has 19 aromatic rings. The lowest BCUT2D eigenvalue weighted by atomic mass is 9.98. The molecule has 0 saturated heterocycles. The van der Waals surface area contributed by atoms with Crippen LogP contribution in [0.3, 0.4) is 0 Å². The highest BCUT2D eigenvalue weighted by atomic mass is 16.3. The van der Waals surface area contributed by atoms with E-state index < -0.39 is 0 Å². The highest BCUT2D eigenvalue weighted by molar-refractivity contribution is 6.20. The fraction of sp³-hybridized carbons (Fsp3) is 0. The monoisotopic (exact) mass is 1110 g/mol. The largest absolute Gasteiger partial charge is 0.456 e. The summed E-state index contributed by atoms with van der Waals surface area (Å²) < 4.78 is 34.8. The van der Waals surface area contributed by atoms with Crippen molar-refractivity contribution in [3.63, 3.8) is 0 Å². The molecule has 0 N–H and O–H groups in total. The summed E-state index contributed by atoms with van der Waals surface area (Å²) in [7, 11) is 0. The van der Waals surface area contributed by atoms with E-state index in [0.29, 0.717) is 0 Å². The van der Waals surface area contributed by atoms with Crippen molar-refractivity contribution in [2.45, 2.75) is 0 Å². The van der Waals surface area contributed by atoms with Crippen LogP contribution in [0.4, 0.5) is 34.1 Å². The van der Waals surface area contributed by atoms with E-state index in [0.717, 1.165) is 188 Å². The van der Waals surface area contributed by atoms with Crippen LogP contribution >= 0.6 is 0 Å². The summed E-state index contributed by atoms with van der Waals surface area (Å²) in [5.41, 5.74) is 17.7. The average Bonchev–Trinajstić information content (AvgIpc) is 2.06. The Bertz CT molecular complexity index is 5670. The van der Waals surface area contributed by atoms with Crippen LogP contribution < -0.4 is 9.80 Å². The zero-order valence-corrected chi connectivity index (χ0v) is 46.5. The van der Waals surface area contributed by atoms with Gasteiger partial charge in [-0.25, -0.2) is 0 Å². The minimum atomic E-state index is 0.784. The molecule has 5 heterocycles. The summed E-state index contributed by atoms with van der Waals surface area (Å²) >= 11 is 0. The van der Waals surface area contributed by atoms with Crippen LogP contribution in [0.25, 0.3) is 153 Å². The van der Waals surface area contributed by atoms with Gasteiger partial charge < -0.3 is 31.9 Å². The van der Waals surface area contributed by atoms with Gasteiger partial charge >= 0.3 is 0 Å². The van der Waals surface area contributed by atoms with E-state index in [1.807, 2.05) is 48.5 Å². The SMILES string of the molecule is c1ccc(-c2ccc3c(oc4ccccc43)c2N(c2ccc3cc4c(cc3c2)oc2cc3cc(N(c5cccc6c5oc5ccccc56)c5c(-c6ccccc6)ccc6c5oc5ccccc56)ccc3cc24)c2cccc3c2oc2ccccc23)cc1. The number of anilines is 6. The third-order valence-corrected chi connectivity index (χ3v) is 17.8. The molecule has 0 unspecified atom stereocenters. The van der Waals surface area contributed by atoms with Crippen molar-refractivity contribution in [1.29, 1.82) is 0 Å². The van der Waals surface area contributed by atoms with E-state index in [4.69, 9.17) is 22.1 Å². The molecule has 0 spiro atoms. The van der Waals surface area contributed by atoms with Crippen molar-refractivity contribution in [3.05, 3.63) is 279 Å². The topological polar surface area (TPSA) is 72.2 Å². The Morgan fingerprint density at radius 1 is 0.207 bits per heavy atom. The van der Waals surface area contributed by atoms with Crippen molar-refractivity contribution in [3.8, 4) is 22.3 Å². The van der Waals surface area contributed by atoms with Crippen LogP contribution in [0.15, 0.2) is 301 Å². The highest BCUT2D eigenvalue weighted by Gasteiger charge is 2.30. The Morgan fingerprint density at radius 3 is 0.977 bits per heavy atom. The Balaban J connectivity index is 0.812. The molecular weight excluding hydrogens is 1070 g/mol. The summed E-state index contributed by atoms with van der Waals surface area (Å²) in [6.45, 7) is 0. The Kier molecular flexibility index (Phi) is 10.1. The van der Waals surface area contributed by atoms with Gasteiger partial charge in [0.2, 0.25) is 0 Å². The fourth-order valence-corrected chi connectivity index (χ4v) is 13.8. The molecule has 87 heavy (non-hydrogen) atoms. The molecule has 19 rings (SSSR count). The molecule has 0 radical (unpaired) electrons. The van der Waals surface area contributed by atoms with Crippen molar-refractivity contribution in [2.24, 2.45) is 0 Å². The first-order chi connectivity index (χ1) is 43.1. The van der Waals surface area contributed by atoms with E-state index in [1.165, 1.54) is 0 Å². The summed E-state index contributed by atoms with van der Waals surface area (Å²) in [5, 5.41) is 14.7. The minimum Gasteiger partial charge on any atom is -0.456 e. The van der Waals surface area contributed by atoms with Gasteiger partial charge in [0.1, 0.15) is 33.5 Å². The lowest BCUT2D eigenvalue weighted by molar-refractivity contribution is 0.665. The molecule has 5 aromatic heterocycles. The predicted octanol–water partition coefficient (Wildman–Crippen LogP) is 23.8. The van der Waals surface area contributed by atoms with E-state index in [9.17, 15) is 0 Å². The van der Waals surface area contributed by atoms with Gasteiger partial charge in [-0.05, 0) is 130 Å². The van der Waals surface area contributed by atoms with Crippen molar-refractivity contribution >= 4 is 165 Å². The highest BCUT2D eigenvalue weighted by Crippen LogP contribution is 2.53. The lowest BCUT2D eigenvalue weighted by Crippen LogP contribution is -2.12. The van der Waals surface area contributed by atoms with Gasteiger partial charge in [0, 0.05) is 76.4 Å². The molecule has 0 saturated carbocycles. The number of nitrogens with zero attached hydrogens (tertiary/aromatic N) is 2. The van der Waals surface area contributed by atoms with Gasteiger partial charge in [-0.2, -0.15) is 0 Å². The van der Waals surface area contributed by atoms with Gasteiger partial charge in [-0.3, -0.25) is 0 Å². The summed E-state index contributed by atoms with van der Waals surface area (Å²) in [4.78, 5) is 4.67. The second kappa shape index (κ2) is 18.3. The van der Waals surface area contributed by atoms with Crippen LogP contribution in [0.2, 0.25) is 0 Å². The van der Waals surface area contributed by atoms with Gasteiger partial charge in [0.15, 0.2) is 22.3 Å². The van der Waals surface area contributed by atoms with Crippen LogP contribution in [0, 0.1) is 0 Å². The average molecular weight is 1120 g/mol. The lowest BCUT2D eigenvalue weighted by Gasteiger charge is -2.28. The van der Waals surface area contributed by atoms with E-state index in [1.54, 1.807) is 0 Å². The second-order valence-electron chi connectivity index (χ2n) is 22.6. The fourth-order valence-electron chi connectivity index (χ4n) is 13.8. The smallest absolute Gasteiger partial charge is 0.160 e. The van der Waals surface area contributed by atoms with E-state index in [2.05, 4.69) is 240 Å². The van der Waals surface area contributed by atoms with Crippen LogP contribution in [0.1, 0.15) is 0 Å². The molecular formula is C80H46N2O5. The maximum absolute atomic E-state index is 7.04. The molecule has 0 fully saturated rings. The number of benzene rings is 14. The Labute approximate surface area is 495 Å². The first kappa shape index (κ1) is 47.7. The van der Waals surface area contributed by atoms with Gasteiger partial charge in [-0.1, -0.05) is 182 Å². The number of rotatable bonds is 8. The number of hydrogen-bond donors (Lipinski definition) is 0. The summed E-state index contributed by atoms with van der Waals surface area (Å²) in [6.07, 6.45) is 0. The Hall–Kier alpha value is -11.8. The van der Waals surface area contributed by atoms with Crippen molar-refractivity contribution in [2.75, 3.05) is 9.80 Å². The van der Waals surface area contributed by atoms with Crippen LogP contribution in [0.5, 0.6) is 0 Å². The van der Waals surface area contributed by atoms with Gasteiger partial charge in [0.05, 0.1) is 22.7 Å². The van der Waals surface area contributed by atoms with Crippen LogP contribution in [-0.2, 0) is 0 Å². The van der Waals surface area contributed by atoms with Gasteiger partial charge in [-0.15, -0.1) is 0 Å². The second-order valence-corrected chi connectivity index (χ2v) is 22.6. The number of fused-ring (bicyclic) bond motifs is 17. The van der Waals surface area contributed by atoms with Crippen molar-refractivity contribution < 1.29 is 22.1 Å². The molecule has 7 nitrogen and oxygen atoms in total. The first-order valence-electron chi connectivity index (χ1n) is 29.4. The molecule has 0 atom stereocenters. The number of hydrogen-bond acceptors (Lipinski definition) is 7. The molecule has 0 aliphatic rings. The Morgan fingerprint density at radius 2 is 0.563 bits per heavy atom. The minimum absolute atomic E-state index is 0.784. The predicted molar refractivity (Wildman–Crippen MR) is 358 cm³/mol. The van der Waals surface area contributed by atoms with Gasteiger partial charge in [0.25, 0.3) is 0 Å². The summed E-state index contributed by atoms with van der Waals surface area (Å²) in [6, 6.07) is 98.3. The third-order valence-electron chi connectivity index (χ3n) is 17.8. The number of furan rings is 5. The normalized spacial score (nSPS) is 12.1. The summed E-state index contributed by atoms with van der Waals surface area (Å²) in [5.74, 6) is 0. The van der Waals surface area contributed by atoms with E-state index >= 15 is 0 Å². The molecule has 7 heteroatoms. The molecule has 0 amide bonds. The van der Waals surface area contributed by atoms with E-state index in [-0.39, 0.29) is 0 Å². The molecule has 406 valence electrons. The third kappa shape index (κ3) is 7.17. The number of para-hydroxylation sites is 6. The molecule has 0 bridgehead atoms. The van der Waals surface area contributed by atoms with Crippen LogP contribution in [-0.4, -0.2) is 0 Å². The molecule has 14 aromatic carbocycles. The zero-order valence-electron chi connectivity index (χ0n) is 46.5. The quantitative estimate of drug-likeness (QED) is 0.150. The molecule has 0 aliphatic heterocycles. The van der Waals surface area contributed by atoms with Crippen molar-refractivity contribution in [1.82, 2.24) is 0 Å². The zero-order chi connectivity index (χ0) is 56.8.